The maximum absolute atomic E-state index is 11.8. The maximum Gasteiger partial charge on any atom is 0.330 e. The molecule has 2 aliphatic rings. The van der Waals surface area contributed by atoms with Gasteiger partial charge in [0.2, 0.25) is 5.91 Å². The summed E-state index contributed by atoms with van der Waals surface area (Å²) < 4.78 is 0. The van der Waals surface area contributed by atoms with Crippen molar-refractivity contribution >= 4 is 11.9 Å². The molecule has 6 nitrogen and oxygen atoms in total. The molecule has 1 aliphatic heterocycles. The minimum absolute atomic E-state index is 0.213. The van der Waals surface area contributed by atoms with Gasteiger partial charge in [0.25, 0.3) is 0 Å². The van der Waals surface area contributed by atoms with Crippen molar-refractivity contribution in [1.82, 2.24) is 10.6 Å². The molecule has 2 fully saturated rings. The van der Waals surface area contributed by atoms with Crippen LogP contribution in [0.15, 0.2) is 12.7 Å². The zero-order chi connectivity index (χ0) is 12.6. The molecule has 0 aromatic heterocycles. The normalized spacial score (nSPS) is 39.7. The second kappa shape index (κ2) is 4.12. The molecule has 94 valence electrons. The Bertz CT molecular complexity index is 370. The highest BCUT2D eigenvalue weighted by Crippen LogP contribution is 2.44. The minimum Gasteiger partial charge on any atom is -0.479 e. The Balaban J connectivity index is 1.98. The monoisotopic (exact) mass is 240 g/mol. The lowest BCUT2D eigenvalue weighted by atomic mass is 10.1. The molecule has 0 aromatic carbocycles. The Morgan fingerprint density at radius 1 is 1.53 bits per heavy atom. The molecule has 0 aromatic rings. The first-order valence-corrected chi connectivity index (χ1v) is 5.59. The van der Waals surface area contributed by atoms with Gasteiger partial charge in [0, 0.05) is 12.5 Å². The molecule has 4 N–H and O–H groups in total. The average Bonchev–Trinajstić information content (AvgIpc) is 2.82. The van der Waals surface area contributed by atoms with Crippen LogP contribution in [0.25, 0.3) is 0 Å². The molecule has 1 amide bonds. The van der Waals surface area contributed by atoms with E-state index in [2.05, 4.69) is 17.2 Å². The van der Waals surface area contributed by atoms with Crippen molar-refractivity contribution in [2.75, 3.05) is 6.54 Å². The number of aliphatic carboxylic acids is 1. The lowest BCUT2D eigenvalue weighted by molar-refractivity contribution is -0.143. The van der Waals surface area contributed by atoms with Crippen LogP contribution in [0.4, 0.5) is 0 Å². The van der Waals surface area contributed by atoms with E-state index in [0.717, 1.165) is 0 Å². The summed E-state index contributed by atoms with van der Waals surface area (Å²) in [6, 6.07) is -0.507. The fraction of sp³-hybridized carbons (Fsp3) is 0.636. The van der Waals surface area contributed by atoms with Crippen molar-refractivity contribution < 1.29 is 19.8 Å². The topological polar surface area (TPSA) is 98.7 Å². The first-order chi connectivity index (χ1) is 7.99. The summed E-state index contributed by atoms with van der Waals surface area (Å²) in [5.41, 5.74) is -1.19. The number of hydrogen-bond donors (Lipinski definition) is 4. The number of rotatable bonds is 4. The smallest absolute Gasteiger partial charge is 0.330 e. The van der Waals surface area contributed by atoms with Crippen LogP contribution in [-0.2, 0) is 9.59 Å². The van der Waals surface area contributed by atoms with Gasteiger partial charge < -0.3 is 20.8 Å². The second-order valence-corrected chi connectivity index (χ2v) is 4.66. The first kappa shape index (κ1) is 12.1. The van der Waals surface area contributed by atoms with Crippen molar-refractivity contribution in [3.63, 3.8) is 0 Å². The molecule has 2 unspecified atom stereocenters. The molecule has 17 heavy (non-hydrogen) atoms. The molecule has 4 atom stereocenters. The summed E-state index contributed by atoms with van der Waals surface area (Å²) in [5.74, 6) is -1.61. The number of nitrogens with one attached hydrogen (secondary N) is 2. The Hall–Kier alpha value is -1.40. The molecule has 1 aliphatic carbocycles. The highest BCUT2D eigenvalue weighted by molar-refractivity contribution is 5.92. The van der Waals surface area contributed by atoms with Crippen LogP contribution in [0.5, 0.6) is 0 Å². The maximum atomic E-state index is 11.8. The van der Waals surface area contributed by atoms with Gasteiger partial charge in [0.1, 0.15) is 5.54 Å². The summed E-state index contributed by atoms with van der Waals surface area (Å²) in [6.07, 6.45) is 1.71. The quantitative estimate of drug-likeness (QED) is 0.465. The third-order valence-electron chi connectivity index (χ3n) is 3.45. The lowest BCUT2D eigenvalue weighted by Gasteiger charge is -2.17. The zero-order valence-corrected chi connectivity index (χ0v) is 9.35. The van der Waals surface area contributed by atoms with Gasteiger partial charge in [-0.05, 0) is 12.8 Å². The molecule has 0 radical (unpaired) electrons. The fourth-order valence-corrected chi connectivity index (χ4v) is 2.24. The Labute approximate surface area is 98.7 Å². The first-order valence-electron chi connectivity index (χ1n) is 5.59. The van der Waals surface area contributed by atoms with E-state index in [-0.39, 0.29) is 11.8 Å². The van der Waals surface area contributed by atoms with E-state index in [4.69, 9.17) is 5.11 Å². The summed E-state index contributed by atoms with van der Waals surface area (Å²) in [4.78, 5) is 23.0. The van der Waals surface area contributed by atoms with Crippen LogP contribution in [0.2, 0.25) is 0 Å². The number of carboxylic acid groups (broad SMARTS) is 1. The van der Waals surface area contributed by atoms with Gasteiger partial charge in [0.15, 0.2) is 0 Å². The standard InChI is InChI=1S/C11H16N2O4/c1-2-6-4-11(6,10(16)17)13-9(15)8-3-7(14)5-12-8/h2,6-8,12,14H,1,3-5H2,(H,13,15)(H,16,17)/t6?,7-,8+,11?/m1/s1. The highest BCUT2D eigenvalue weighted by Gasteiger charge is 2.60. The van der Waals surface area contributed by atoms with Gasteiger partial charge >= 0.3 is 5.97 Å². The predicted octanol–water partition coefficient (Wildman–Crippen LogP) is -1.15. The van der Waals surface area contributed by atoms with Crippen LogP contribution < -0.4 is 10.6 Å². The van der Waals surface area contributed by atoms with Crippen LogP contribution in [0, 0.1) is 5.92 Å². The summed E-state index contributed by atoms with van der Waals surface area (Å²) in [5, 5.41) is 23.8. The number of aliphatic hydroxyl groups excluding tert-OH is 1. The van der Waals surface area contributed by atoms with E-state index in [0.29, 0.717) is 19.4 Å². The number of carbonyl (C=O) groups is 2. The van der Waals surface area contributed by atoms with Gasteiger partial charge in [-0.2, -0.15) is 0 Å². The zero-order valence-electron chi connectivity index (χ0n) is 9.35. The van der Waals surface area contributed by atoms with Crippen LogP contribution in [0.3, 0.4) is 0 Å². The third-order valence-corrected chi connectivity index (χ3v) is 3.45. The van der Waals surface area contributed by atoms with E-state index >= 15 is 0 Å². The average molecular weight is 240 g/mol. The summed E-state index contributed by atoms with van der Waals surface area (Å²) in [7, 11) is 0. The highest BCUT2D eigenvalue weighted by atomic mass is 16.4. The van der Waals surface area contributed by atoms with Crippen LogP contribution in [-0.4, -0.2) is 46.3 Å². The molecular formula is C11H16N2O4. The van der Waals surface area contributed by atoms with Gasteiger partial charge in [-0.3, -0.25) is 4.79 Å². The van der Waals surface area contributed by atoms with Gasteiger partial charge in [-0.1, -0.05) is 6.08 Å². The molecule has 2 rings (SSSR count). The van der Waals surface area contributed by atoms with Crippen LogP contribution in [0.1, 0.15) is 12.8 Å². The summed E-state index contributed by atoms with van der Waals surface area (Å²) >= 11 is 0. The second-order valence-electron chi connectivity index (χ2n) is 4.66. The van der Waals surface area contributed by atoms with E-state index in [9.17, 15) is 14.7 Å². The van der Waals surface area contributed by atoms with Crippen LogP contribution >= 0.6 is 0 Å². The number of carboxylic acids is 1. The SMILES string of the molecule is C=CC1CC1(NC(=O)[C@@H]1C[C@@H](O)CN1)C(=O)O. The largest absolute Gasteiger partial charge is 0.479 e. The number of aliphatic hydroxyl groups is 1. The Morgan fingerprint density at radius 3 is 2.65 bits per heavy atom. The molecular weight excluding hydrogens is 224 g/mol. The molecule has 6 heteroatoms. The molecule has 0 spiro atoms. The number of carbonyl (C=O) groups excluding carboxylic acids is 1. The molecule has 1 saturated carbocycles. The van der Waals surface area contributed by atoms with Gasteiger partial charge in [-0.15, -0.1) is 6.58 Å². The fourth-order valence-electron chi connectivity index (χ4n) is 2.24. The Kier molecular flexibility index (Phi) is 2.92. The lowest BCUT2D eigenvalue weighted by Crippen LogP contribution is -2.51. The van der Waals surface area contributed by atoms with Crippen molar-refractivity contribution in [1.29, 1.82) is 0 Å². The molecule has 1 saturated heterocycles. The van der Waals surface area contributed by atoms with E-state index < -0.39 is 23.7 Å². The molecule has 1 heterocycles. The third kappa shape index (κ3) is 2.05. The van der Waals surface area contributed by atoms with Gasteiger partial charge in [0.05, 0.1) is 12.1 Å². The minimum atomic E-state index is -1.19. The van der Waals surface area contributed by atoms with Crippen molar-refractivity contribution in [2.45, 2.75) is 30.5 Å². The number of hydrogen-bond acceptors (Lipinski definition) is 4. The van der Waals surface area contributed by atoms with E-state index in [1.54, 1.807) is 6.08 Å². The van der Waals surface area contributed by atoms with Crippen molar-refractivity contribution in [2.24, 2.45) is 5.92 Å². The number of amides is 1. The van der Waals surface area contributed by atoms with Crippen molar-refractivity contribution in [3.8, 4) is 0 Å². The summed E-state index contributed by atoms with van der Waals surface area (Å²) in [6.45, 7) is 3.91. The van der Waals surface area contributed by atoms with Gasteiger partial charge in [-0.25, -0.2) is 4.79 Å². The van der Waals surface area contributed by atoms with Crippen molar-refractivity contribution in [3.05, 3.63) is 12.7 Å². The molecule has 0 bridgehead atoms. The Morgan fingerprint density at radius 2 is 2.24 bits per heavy atom. The van der Waals surface area contributed by atoms with E-state index in [1.165, 1.54) is 0 Å². The van der Waals surface area contributed by atoms with E-state index in [1.807, 2.05) is 0 Å². The predicted molar refractivity (Wildman–Crippen MR) is 59.2 cm³/mol. The number of β-amino-alcohol motifs (C(OH)–C–C–N with tert-alkyl or cyclic N) is 1.